The van der Waals surface area contributed by atoms with Crippen LogP contribution in [0, 0.1) is 11.8 Å². The van der Waals surface area contributed by atoms with Crippen molar-refractivity contribution < 1.29 is 8.85 Å². The monoisotopic (exact) mass is 256 g/mol. The number of fused-ring (bicyclic) bond motifs is 2. The van der Waals surface area contributed by atoms with Gasteiger partial charge in [-0.1, -0.05) is 26.0 Å². The first-order chi connectivity index (χ1) is 8.17. The molecule has 0 aromatic carbocycles. The van der Waals surface area contributed by atoms with Crippen LogP contribution in [-0.2, 0) is 8.85 Å². The lowest BCUT2D eigenvalue weighted by Crippen LogP contribution is -2.26. The van der Waals surface area contributed by atoms with E-state index in [0.29, 0.717) is 5.54 Å². The zero-order valence-corrected chi connectivity index (χ0v) is 13.0. The van der Waals surface area contributed by atoms with Gasteiger partial charge in [0.15, 0.2) is 0 Å². The average molecular weight is 256 g/mol. The van der Waals surface area contributed by atoms with Crippen LogP contribution in [0.15, 0.2) is 12.2 Å². The lowest BCUT2D eigenvalue weighted by molar-refractivity contribution is 0.207. The Morgan fingerprint density at radius 3 is 1.71 bits per heavy atom. The molecule has 0 amide bonds. The van der Waals surface area contributed by atoms with Gasteiger partial charge in [0.05, 0.1) is 0 Å². The van der Waals surface area contributed by atoms with E-state index in [4.69, 9.17) is 8.85 Å². The molecule has 1 saturated carbocycles. The number of hydrogen-bond acceptors (Lipinski definition) is 2. The summed E-state index contributed by atoms with van der Waals surface area (Å²) in [6.07, 6.45) is 9.19. The molecule has 3 heteroatoms. The molecule has 2 atom stereocenters. The number of rotatable bonds is 5. The normalized spacial score (nSPS) is 25.5. The van der Waals surface area contributed by atoms with Crippen LogP contribution in [0.2, 0.25) is 5.54 Å². The molecule has 2 unspecified atom stereocenters. The molecule has 1 fully saturated rings. The summed E-state index contributed by atoms with van der Waals surface area (Å²) < 4.78 is 10.9. The fourth-order valence-corrected chi connectivity index (χ4v) is 4.00. The second kappa shape index (κ2) is 8.06. The zero-order valence-electron chi connectivity index (χ0n) is 11.8. The van der Waals surface area contributed by atoms with Crippen LogP contribution in [0.5, 0.6) is 0 Å². The van der Waals surface area contributed by atoms with E-state index < -0.39 is 9.28 Å². The molecule has 2 nitrogen and oxygen atoms in total. The topological polar surface area (TPSA) is 18.5 Å². The Balaban J connectivity index is 0.000000177. The van der Waals surface area contributed by atoms with E-state index in [-0.39, 0.29) is 0 Å². The van der Waals surface area contributed by atoms with Crippen molar-refractivity contribution in [3.63, 3.8) is 0 Å². The van der Waals surface area contributed by atoms with Crippen molar-refractivity contribution >= 4 is 9.28 Å². The van der Waals surface area contributed by atoms with Crippen molar-refractivity contribution in [2.24, 2.45) is 11.8 Å². The van der Waals surface area contributed by atoms with E-state index in [1.165, 1.54) is 19.3 Å². The van der Waals surface area contributed by atoms with Crippen molar-refractivity contribution in [3.05, 3.63) is 12.2 Å². The van der Waals surface area contributed by atoms with Gasteiger partial charge in [-0.3, -0.25) is 0 Å². The standard InChI is InChI=1S/C7H18O2Si.C7H10/c1-5-8-10(7(3)4)9-6-2;1-2-7-4-3-6(1)5-7/h7,10H,5-6H2,1-4H3;1-2,6-7H,3-5H2. The molecule has 2 rings (SSSR count). The van der Waals surface area contributed by atoms with Gasteiger partial charge >= 0.3 is 9.28 Å². The van der Waals surface area contributed by atoms with Gasteiger partial charge in [0.25, 0.3) is 0 Å². The molecule has 0 saturated heterocycles. The average Bonchev–Trinajstić information content (AvgIpc) is 2.93. The third-order valence-corrected chi connectivity index (χ3v) is 5.79. The smallest absolute Gasteiger partial charge is 0.324 e. The molecule has 0 aliphatic heterocycles. The molecule has 0 spiro atoms. The Morgan fingerprint density at radius 2 is 1.53 bits per heavy atom. The van der Waals surface area contributed by atoms with Crippen LogP contribution >= 0.6 is 0 Å². The highest BCUT2D eigenvalue weighted by Gasteiger charge is 2.25. The first-order valence-electron chi connectivity index (χ1n) is 7.08. The molecule has 0 aromatic rings. The maximum atomic E-state index is 5.46. The molecule has 0 aromatic heterocycles. The van der Waals surface area contributed by atoms with E-state index >= 15 is 0 Å². The molecular formula is C14H28O2Si. The quantitative estimate of drug-likeness (QED) is 0.552. The minimum absolute atomic E-state index is 0.583. The van der Waals surface area contributed by atoms with Gasteiger partial charge in [-0.05, 0) is 50.5 Å². The minimum Gasteiger partial charge on any atom is -0.397 e. The van der Waals surface area contributed by atoms with Crippen LogP contribution in [-0.4, -0.2) is 22.5 Å². The third-order valence-electron chi connectivity index (χ3n) is 3.38. The molecule has 2 aliphatic rings. The maximum absolute atomic E-state index is 5.46. The molecule has 0 heterocycles. The van der Waals surface area contributed by atoms with Gasteiger partial charge in [-0.2, -0.15) is 0 Å². The van der Waals surface area contributed by atoms with Gasteiger partial charge in [0, 0.05) is 13.2 Å². The van der Waals surface area contributed by atoms with E-state index in [1.54, 1.807) is 0 Å². The van der Waals surface area contributed by atoms with Gasteiger partial charge in [0.1, 0.15) is 0 Å². The summed E-state index contributed by atoms with van der Waals surface area (Å²) in [6, 6.07) is 0. The molecule has 0 radical (unpaired) electrons. The van der Waals surface area contributed by atoms with Crippen LogP contribution in [0.1, 0.15) is 47.0 Å². The summed E-state index contributed by atoms with van der Waals surface area (Å²) in [5, 5.41) is 0. The highest BCUT2D eigenvalue weighted by atomic mass is 28.3. The van der Waals surface area contributed by atoms with E-state index in [1.807, 2.05) is 13.8 Å². The molecule has 0 N–H and O–H groups in total. The van der Waals surface area contributed by atoms with Crippen molar-refractivity contribution in [3.8, 4) is 0 Å². The largest absolute Gasteiger partial charge is 0.397 e. The Kier molecular flexibility index (Phi) is 7.08. The van der Waals surface area contributed by atoms with Gasteiger partial charge in [-0.15, -0.1) is 0 Å². The second-order valence-electron chi connectivity index (χ2n) is 5.24. The van der Waals surface area contributed by atoms with Crippen molar-refractivity contribution in [2.45, 2.75) is 52.5 Å². The summed E-state index contributed by atoms with van der Waals surface area (Å²) in [4.78, 5) is 0. The third kappa shape index (κ3) is 5.36. The first kappa shape index (κ1) is 14.9. The van der Waals surface area contributed by atoms with Crippen LogP contribution < -0.4 is 0 Å². The Labute approximate surface area is 108 Å². The Morgan fingerprint density at radius 1 is 1.06 bits per heavy atom. The highest BCUT2D eigenvalue weighted by Crippen LogP contribution is 2.38. The summed E-state index contributed by atoms with van der Waals surface area (Å²) in [5.74, 6) is 1.98. The van der Waals surface area contributed by atoms with Crippen LogP contribution in [0.3, 0.4) is 0 Å². The molecule has 100 valence electrons. The second-order valence-corrected chi connectivity index (χ2v) is 7.98. The predicted molar refractivity (Wildman–Crippen MR) is 75.5 cm³/mol. The van der Waals surface area contributed by atoms with Gasteiger partial charge in [-0.25, -0.2) is 0 Å². The summed E-state index contributed by atoms with van der Waals surface area (Å²) >= 11 is 0. The number of hydrogen-bond donors (Lipinski definition) is 0. The van der Waals surface area contributed by atoms with Crippen LogP contribution in [0.4, 0.5) is 0 Å². The lowest BCUT2D eigenvalue weighted by Gasteiger charge is -2.17. The minimum atomic E-state index is -1.31. The summed E-state index contributed by atoms with van der Waals surface area (Å²) in [6.45, 7) is 9.91. The van der Waals surface area contributed by atoms with Gasteiger partial charge < -0.3 is 8.85 Å². The summed E-state index contributed by atoms with van der Waals surface area (Å²) in [7, 11) is -1.31. The SMILES string of the molecule is C1=CC2CCC1C2.CCO[SiH](OCC)C(C)C. The fourth-order valence-electron chi connectivity index (χ4n) is 2.48. The highest BCUT2D eigenvalue weighted by molar-refractivity contribution is 6.46. The Bertz CT molecular complexity index is 210. The Hall–Kier alpha value is -0.123. The fraction of sp³-hybridized carbons (Fsp3) is 0.857. The zero-order chi connectivity index (χ0) is 12.7. The predicted octanol–water partition coefficient (Wildman–Crippen LogP) is 3.66. The lowest BCUT2D eigenvalue weighted by atomic mass is 10.1. The van der Waals surface area contributed by atoms with E-state index in [2.05, 4.69) is 26.0 Å². The molecular weight excluding hydrogens is 228 g/mol. The van der Waals surface area contributed by atoms with Crippen molar-refractivity contribution in [2.75, 3.05) is 13.2 Å². The van der Waals surface area contributed by atoms with E-state index in [0.717, 1.165) is 25.0 Å². The first-order valence-corrected chi connectivity index (χ1v) is 8.69. The van der Waals surface area contributed by atoms with Crippen LogP contribution in [0.25, 0.3) is 0 Å². The van der Waals surface area contributed by atoms with Crippen molar-refractivity contribution in [1.29, 1.82) is 0 Å². The number of allylic oxidation sites excluding steroid dienone is 2. The van der Waals surface area contributed by atoms with E-state index in [9.17, 15) is 0 Å². The molecule has 2 bridgehead atoms. The molecule has 2 aliphatic carbocycles. The molecule has 17 heavy (non-hydrogen) atoms. The van der Waals surface area contributed by atoms with Gasteiger partial charge in [0.2, 0.25) is 0 Å². The summed E-state index contributed by atoms with van der Waals surface area (Å²) in [5.41, 5.74) is 0.583. The van der Waals surface area contributed by atoms with Crippen molar-refractivity contribution in [1.82, 2.24) is 0 Å². The maximum Gasteiger partial charge on any atom is 0.324 e.